The number of fused-ring (bicyclic) bond motifs is 1. The third-order valence-electron chi connectivity index (χ3n) is 4.27. The average molecular weight is 289 g/mol. The number of benzene rings is 1. The molecule has 2 aliphatic rings. The highest BCUT2D eigenvalue weighted by Gasteiger charge is 2.41. The molecule has 0 aliphatic carbocycles. The van der Waals surface area contributed by atoms with Crippen LogP contribution in [-0.4, -0.2) is 36.2 Å². The molecule has 2 saturated heterocycles. The van der Waals surface area contributed by atoms with Crippen LogP contribution < -0.4 is 10.2 Å². The lowest BCUT2D eigenvalue weighted by atomic mass is 9.91. The number of carbonyl (C=O) groups is 2. The Labute approximate surface area is 121 Å². The van der Waals surface area contributed by atoms with E-state index in [-0.39, 0.29) is 29.1 Å². The lowest BCUT2D eigenvalue weighted by molar-refractivity contribution is -0.385. The number of piperidine rings is 1. The van der Waals surface area contributed by atoms with Crippen LogP contribution in [0.15, 0.2) is 18.2 Å². The number of hydrogen-bond donors (Lipinski definition) is 1. The summed E-state index contributed by atoms with van der Waals surface area (Å²) in [6, 6.07) is 4.60. The highest BCUT2D eigenvalue weighted by atomic mass is 16.6. The van der Waals surface area contributed by atoms with E-state index in [0.29, 0.717) is 12.8 Å². The van der Waals surface area contributed by atoms with E-state index in [0.717, 1.165) is 25.1 Å². The lowest BCUT2D eigenvalue weighted by Gasteiger charge is -2.37. The highest BCUT2D eigenvalue weighted by molar-refractivity contribution is 5.85. The third-order valence-corrected chi connectivity index (χ3v) is 4.27. The maximum Gasteiger partial charge on any atom is 0.280 e. The van der Waals surface area contributed by atoms with Crippen molar-refractivity contribution in [3.8, 4) is 0 Å². The van der Waals surface area contributed by atoms with Gasteiger partial charge in [0, 0.05) is 24.8 Å². The van der Waals surface area contributed by atoms with Crippen molar-refractivity contribution in [3.05, 3.63) is 33.9 Å². The standard InChI is InChI=1S/C14H15N3O4/c18-8-9-6-10(3-4-12(9)17(20)21)16-5-1-2-11-13(16)7-15-14(11)19/h3-4,6,8,11,13H,1-2,5,7H2,(H,15,19). The van der Waals surface area contributed by atoms with Crippen molar-refractivity contribution >= 4 is 23.6 Å². The van der Waals surface area contributed by atoms with Crippen LogP contribution in [0.3, 0.4) is 0 Å². The number of aldehydes is 1. The molecule has 110 valence electrons. The fourth-order valence-corrected chi connectivity index (χ4v) is 3.25. The number of carbonyl (C=O) groups excluding carboxylic acids is 2. The third kappa shape index (κ3) is 2.24. The minimum Gasteiger partial charge on any atom is -0.366 e. The van der Waals surface area contributed by atoms with Crippen molar-refractivity contribution in [3.63, 3.8) is 0 Å². The number of rotatable bonds is 3. The van der Waals surface area contributed by atoms with Crippen molar-refractivity contribution in [1.82, 2.24) is 5.32 Å². The van der Waals surface area contributed by atoms with Gasteiger partial charge in [-0.2, -0.15) is 0 Å². The van der Waals surface area contributed by atoms with Gasteiger partial charge in [0.05, 0.1) is 22.4 Å². The minimum atomic E-state index is -0.562. The molecule has 3 rings (SSSR count). The van der Waals surface area contributed by atoms with E-state index in [1.807, 2.05) is 0 Å². The summed E-state index contributed by atoms with van der Waals surface area (Å²) in [7, 11) is 0. The molecule has 21 heavy (non-hydrogen) atoms. The second-order valence-electron chi connectivity index (χ2n) is 5.37. The molecule has 0 bridgehead atoms. The molecule has 7 heteroatoms. The summed E-state index contributed by atoms with van der Waals surface area (Å²) in [5.41, 5.74) is 0.633. The monoisotopic (exact) mass is 289 g/mol. The summed E-state index contributed by atoms with van der Waals surface area (Å²) in [6.07, 6.45) is 2.25. The van der Waals surface area contributed by atoms with E-state index in [2.05, 4.69) is 10.2 Å². The van der Waals surface area contributed by atoms with Crippen LogP contribution in [0.2, 0.25) is 0 Å². The first-order chi connectivity index (χ1) is 10.1. The number of hydrogen-bond acceptors (Lipinski definition) is 5. The van der Waals surface area contributed by atoms with Crippen LogP contribution in [0.5, 0.6) is 0 Å². The molecule has 0 aromatic heterocycles. The molecule has 1 aromatic rings. The summed E-state index contributed by atoms with van der Waals surface area (Å²) in [5, 5.41) is 13.7. The molecular weight excluding hydrogens is 274 g/mol. The first-order valence-electron chi connectivity index (χ1n) is 6.90. The van der Waals surface area contributed by atoms with Gasteiger partial charge in [-0.25, -0.2) is 0 Å². The van der Waals surface area contributed by atoms with Gasteiger partial charge in [0.25, 0.3) is 5.69 Å². The van der Waals surface area contributed by atoms with E-state index >= 15 is 0 Å². The number of nitro benzene ring substituents is 1. The Morgan fingerprint density at radius 2 is 2.24 bits per heavy atom. The van der Waals surface area contributed by atoms with Crippen molar-refractivity contribution in [2.75, 3.05) is 18.0 Å². The number of amides is 1. The molecular formula is C14H15N3O4. The van der Waals surface area contributed by atoms with Gasteiger partial charge in [0.2, 0.25) is 5.91 Å². The predicted octanol–water partition coefficient (Wildman–Crippen LogP) is 1.12. The lowest BCUT2D eigenvalue weighted by Crippen LogP contribution is -2.45. The molecule has 1 amide bonds. The number of nitrogens with one attached hydrogen (secondary N) is 1. The van der Waals surface area contributed by atoms with Crippen molar-refractivity contribution in [1.29, 1.82) is 0 Å². The van der Waals surface area contributed by atoms with E-state index in [1.54, 1.807) is 6.07 Å². The van der Waals surface area contributed by atoms with Gasteiger partial charge in [0.15, 0.2) is 6.29 Å². The molecule has 1 aromatic carbocycles. The maximum atomic E-state index is 11.8. The van der Waals surface area contributed by atoms with E-state index in [9.17, 15) is 19.7 Å². The minimum absolute atomic E-state index is 0.0337. The molecule has 0 spiro atoms. The van der Waals surface area contributed by atoms with Gasteiger partial charge >= 0.3 is 0 Å². The first kappa shape index (κ1) is 13.5. The maximum absolute atomic E-state index is 11.8. The van der Waals surface area contributed by atoms with Gasteiger partial charge < -0.3 is 10.2 Å². The Morgan fingerprint density at radius 3 is 2.95 bits per heavy atom. The van der Waals surface area contributed by atoms with Gasteiger partial charge in [-0.05, 0) is 25.0 Å². The first-order valence-corrected chi connectivity index (χ1v) is 6.90. The van der Waals surface area contributed by atoms with E-state index in [4.69, 9.17) is 0 Å². The fraction of sp³-hybridized carbons (Fsp3) is 0.429. The van der Waals surface area contributed by atoms with Crippen LogP contribution in [0.4, 0.5) is 11.4 Å². The zero-order valence-electron chi connectivity index (χ0n) is 11.3. The fourth-order valence-electron chi connectivity index (χ4n) is 3.25. The molecule has 0 saturated carbocycles. The zero-order chi connectivity index (χ0) is 15.0. The van der Waals surface area contributed by atoms with Crippen LogP contribution >= 0.6 is 0 Å². The van der Waals surface area contributed by atoms with Crippen LogP contribution in [0.25, 0.3) is 0 Å². The molecule has 2 atom stereocenters. The van der Waals surface area contributed by atoms with Gasteiger partial charge in [-0.15, -0.1) is 0 Å². The second-order valence-corrected chi connectivity index (χ2v) is 5.37. The summed E-state index contributed by atoms with van der Waals surface area (Å²) >= 11 is 0. The van der Waals surface area contributed by atoms with Crippen LogP contribution in [0.1, 0.15) is 23.2 Å². The van der Waals surface area contributed by atoms with E-state index < -0.39 is 4.92 Å². The Hall–Kier alpha value is -2.44. The molecule has 7 nitrogen and oxygen atoms in total. The molecule has 2 unspecified atom stereocenters. The largest absolute Gasteiger partial charge is 0.366 e. The summed E-state index contributed by atoms with van der Waals surface area (Å²) < 4.78 is 0. The van der Waals surface area contributed by atoms with Crippen molar-refractivity contribution < 1.29 is 14.5 Å². The Balaban J connectivity index is 1.94. The SMILES string of the molecule is O=Cc1cc(N2CCCC3C(=O)NCC32)ccc1[N+](=O)[O-]. The predicted molar refractivity (Wildman–Crippen MR) is 75.4 cm³/mol. The number of anilines is 1. The average Bonchev–Trinajstić information content (AvgIpc) is 2.88. The zero-order valence-corrected chi connectivity index (χ0v) is 11.3. The van der Waals surface area contributed by atoms with Gasteiger partial charge in [-0.1, -0.05) is 0 Å². The summed E-state index contributed by atoms with van der Waals surface area (Å²) in [4.78, 5) is 35.2. The molecule has 2 aliphatic heterocycles. The van der Waals surface area contributed by atoms with Crippen molar-refractivity contribution in [2.45, 2.75) is 18.9 Å². The smallest absolute Gasteiger partial charge is 0.280 e. The van der Waals surface area contributed by atoms with Gasteiger partial charge in [0.1, 0.15) is 0 Å². The Kier molecular flexibility index (Phi) is 3.32. The number of nitrogens with zero attached hydrogens (tertiary/aromatic N) is 2. The highest BCUT2D eigenvalue weighted by Crippen LogP contribution is 2.33. The number of nitro groups is 1. The van der Waals surface area contributed by atoms with Crippen molar-refractivity contribution in [2.24, 2.45) is 5.92 Å². The molecule has 2 fully saturated rings. The topological polar surface area (TPSA) is 92.6 Å². The quantitative estimate of drug-likeness (QED) is 0.511. The molecule has 2 heterocycles. The summed E-state index contributed by atoms with van der Waals surface area (Å²) in [5.74, 6) is 0.0378. The molecule has 1 N–H and O–H groups in total. The normalized spacial score (nSPS) is 24.4. The second kappa shape index (κ2) is 5.16. The Bertz CT molecular complexity index is 616. The Morgan fingerprint density at radius 1 is 1.43 bits per heavy atom. The van der Waals surface area contributed by atoms with E-state index in [1.165, 1.54) is 12.1 Å². The summed E-state index contributed by atoms with van der Waals surface area (Å²) in [6.45, 7) is 1.36. The molecule has 0 radical (unpaired) electrons. The van der Waals surface area contributed by atoms with Gasteiger partial charge in [-0.3, -0.25) is 19.7 Å². The van der Waals surface area contributed by atoms with Crippen LogP contribution in [-0.2, 0) is 4.79 Å². The van der Waals surface area contributed by atoms with Crippen LogP contribution in [0, 0.1) is 16.0 Å².